The van der Waals surface area contributed by atoms with Crippen molar-refractivity contribution in [1.29, 1.82) is 0 Å². The molecule has 1 heterocycles. The fourth-order valence-electron chi connectivity index (χ4n) is 3.19. The smallest absolute Gasteiger partial charge is 0.417 e. The van der Waals surface area contributed by atoms with Gasteiger partial charge in [0, 0.05) is 0 Å². The van der Waals surface area contributed by atoms with E-state index in [0.29, 0.717) is 5.56 Å². The molecule has 1 saturated heterocycles. The number of nitrogens with zero attached hydrogens (tertiary/aromatic N) is 1. The highest BCUT2D eigenvalue weighted by atomic mass is 16.6. The van der Waals surface area contributed by atoms with E-state index in [1.165, 1.54) is 0 Å². The van der Waals surface area contributed by atoms with Gasteiger partial charge >= 0.3 is 12.1 Å². The summed E-state index contributed by atoms with van der Waals surface area (Å²) in [5, 5.41) is 11.5. The van der Waals surface area contributed by atoms with E-state index < -0.39 is 35.5 Å². The van der Waals surface area contributed by atoms with Crippen LogP contribution < -0.4 is 0 Å². The number of aliphatic carboxylic acids is 1. The van der Waals surface area contributed by atoms with Crippen LogP contribution in [0.2, 0.25) is 0 Å². The third-order valence-corrected chi connectivity index (χ3v) is 4.36. The first-order valence-electron chi connectivity index (χ1n) is 8.45. The molecular weight excluding hydrogens is 334 g/mol. The SMILES string of the molecule is CC(C)(C)OC(=O)N1C(=O)[C@H](c2ccc3ccccc3c2)C[C@@H]1C(=O)O. The number of fused-ring (bicyclic) bond motifs is 1. The second kappa shape index (κ2) is 6.44. The minimum absolute atomic E-state index is 0.0335. The Morgan fingerprint density at radius 3 is 2.38 bits per heavy atom. The van der Waals surface area contributed by atoms with Crippen molar-refractivity contribution < 1.29 is 24.2 Å². The zero-order valence-electron chi connectivity index (χ0n) is 14.9. The molecule has 26 heavy (non-hydrogen) atoms. The third kappa shape index (κ3) is 3.40. The van der Waals surface area contributed by atoms with E-state index in [-0.39, 0.29) is 6.42 Å². The molecule has 1 fully saturated rings. The molecule has 0 saturated carbocycles. The number of hydrogen-bond donors (Lipinski definition) is 1. The average Bonchev–Trinajstić information content (AvgIpc) is 2.90. The minimum Gasteiger partial charge on any atom is -0.480 e. The van der Waals surface area contributed by atoms with Gasteiger partial charge in [-0.05, 0) is 43.5 Å². The topological polar surface area (TPSA) is 83.9 Å². The molecule has 2 aromatic rings. The van der Waals surface area contributed by atoms with E-state index in [2.05, 4.69) is 0 Å². The van der Waals surface area contributed by atoms with E-state index in [1.54, 1.807) is 20.8 Å². The molecule has 1 aliphatic rings. The second-order valence-electron chi connectivity index (χ2n) is 7.44. The van der Waals surface area contributed by atoms with Crippen LogP contribution in [0.3, 0.4) is 0 Å². The molecule has 0 aromatic heterocycles. The average molecular weight is 355 g/mol. The van der Waals surface area contributed by atoms with Crippen LogP contribution in [-0.2, 0) is 14.3 Å². The van der Waals surface area contributed by atoms with Gasteiger partial charge in [0.05, 0.1) is 5.92 Å². The van der Waals surface area contributed by atoms with Crippen molar-refractivity contribution in [2.75, 3.05) is 0 Å². The molecular formula is C20H21NO5. The zero-order chi connectivity index (χ0) is 19.1. The van der Waals surface area contributed by atoms with Crippen molar-refractivity contribution in [3.8, 4) is 0 Å². The van der Waals surface area contributed by atoms with Crippen LogP contribution in [0.25, 0.3) is 10.8 Å². The minimum atomic E-state index is -1.23. The van der Waals surface area contributed by atoms with E-state index in [4.69, 9.17) is 4.74 Å². The van der Waals surface area contributed by atoms with Gasteiger partial charge in [0.15, 0.2) is 0 Å². The number of ether oxygens (including phenoxy) is 1. The standard InChI is InChI=1S/C20H21NO5/c1-20(2,3)26-19(25)21-16(18(23)24)11-15(17(21)22)14-9-8-12-6-4-5-7-13(12)10-14/h4-10,15-16H,11H2,1-3H3,(H,23,24)/t15-,16+/m0/s1. The monoisotopic (exact) mass is 355 g/mol. The Morgan fingerprint density at radius 2 is 1.77 bits per heavy atom. The summed E-state index contributed by atoms with van der Waals surface area (Å²) in [4.78, 5) is 37.6. The number of imide groups is 1. The maximum absolute atomic E-state index is 12.8. The number of carbonyl (C=O) groups is 3. The molecule has 136 valence electrons. The summed E-state index contributed by atoms with van der Waals surface area (Å²) >= 11 is 0. The van der Waals surface area contributed by atoms with E-state index in [9.17, 15) is 19.5 Å². The second-order valence-corrected chi connectivity index (χ2v) is 7.44. The Bertz CT molecular complexity index is 883. The van der Waals surface area contributed by atoms with Gasteiger partial charge < -0.3 is 9.84 Å². The molecule has 0 bridgehead atoms. The third-order valence-electron chi connectivity index (χ3n) is 4.36. The Hall–Kier alpha value is -2.89. The summed E-state index contributed by atoms with van der Waals surface area (Å²) in [6.07, 6.45) is -0.885. The normalized spacial score (nSPS) is 20.4. The highest BCUT2D eigenvalue weighted by molar-refractivity contribution is 6.03. The van der Waals surface area contributed by atoms with Gasteiger partial charge in [-0.15, -0.1) is 0 Å². The van der Waals surface area contributed by atoms with Crippen LogP contribution in [-0.4, -0.2) is 39.6 Å². The molecule has 6 heteroatoms. The number of carboxylic acids is 1. The van der Waals surface area contributed by atoms with E-state index in [1.807, 2.05) is 42.5 Å². The predicted molar refractivity (Wildman–Crippen MR) is 95.8 cm³/mol. The molecule has 1 N–H and O–H groups in total. The van der Waals surface area contributed by atoms with Crippen LogP contribution in [0, 0.1) is 0 Å². The lowest BCUT2D eigenvalue weighted by molar-refractivity contribution is -0.145. The maximum atomic E-state index is 12.8. The van der Waals surface area contributed by atoms with Gasteiger partial charge in [-0.3, -0.25) is 4.79 Å². The van der Waals surface area contributed by atoms with E-state index in [0.717, 1.165) is 15.7 Å². The van der Waals surface area contributed by atoms with Gasteiger partial charge in [0.2, 0.25) is 5.91 Å². The maximum Gasteiger partial charge on any atom is 0.417 e. The molecule has 1 aliphatic heterocycles. The summed E-state index contributed by atoms with van der Waals surface area (Å²) in [5.41, 5.74) is -0.118. The number of carboxylic acid groups (broad SMARTS) is 1. The first-order chi connectivity index (χ1) is 12.2. The summed E-state index contributed by atoms with van der Waals surface area (Å²) in [5.74, 6) is -2.44. The summed E-state index contributed by atoms with van der Waals surface area (Å²) in [6.45, 7) is 5.01. The lowest BCUT2D eigenvalue weighted by Crippen LogP contribution is -2.45. The van der Waals surface area contributed by atoms with Gasteiger partial charge in [-0.2, -0.15) is 0 Å². The Morgan fingerprint density at radius 1 is 1.12 bits per heavy atom. The van der Waals surface area contributed by atoms with Crippen LogP contribution in [0.15, 0.2) is 42.5 Å². The zero-order valence-corrected chi connectivity index (χ0v) is 14.9. The molecule has 0 radical (unpaired) electrons. The quantitative estimate of drug-likeness (QED) is 0.891. The molecule has 2 atom stereocenters. The molecule has 0 aliphatic carbocycles. The number of rotatable bonds is 2. The van der Waals surface area contributed by atoms with Crippen molar-refractivity contribution in [2.45, 2.75) is 44.8 Å². The van der Waals surface area contributed by atoms with E-state index >= 15 is 0 Å². The number of amides is 2. The van der Waals surface area contributed by atoms with Crippen LogP contribution >= 0.6 is 0 Å². The molecule has 0 spiro atoms. The van der Waals surface area contributed by atoms with Crippen LogP contribution in [0.4, 0.5) is 4.79 Å². The largest absolute Gasteiger partial charge is 0.480 e. The van der Waals surface area contributed by atoms with Crippen LogP contribution in [0.1, 0.15) is 38.7 Å². The Balaban J connectivity index is 1.94. The number of benzene rings is 2. The fraction of sp³-hybridized carbons (Fsp3) is 0.350. The molecule has 2 amide bonds. The van der Waals surface area contributed by atoms with Crippen molar-refractivity contribution in [3.63, 3.8) is 0 Å². The van der Waals surface area contributed by atoms with Gasteiger partial charge in [0.25, 0.3) is 0 Å². The Kier molecular flexibility index (Phi) is 4.44. The summed E-state index contributed by atoms with van der Waals surface area (Å²) in [7, 11) is 0. The summed E-state index contributed by atoms with van der Waals surface area (Å²) in [6, 6.07) is 12.1. The molecule has 3 rings (SSSR count). The fourth-order valence-corrected chi connectivity index (χ4v) is 3.19. The molecule has 2 aromatic carbocycles. The predicted octanol–water partition coefficient (Wildman–Crippen LogP) is 3.54. The lowest BCUT2D eigenvalue weighted by Gasteiger charge is -2.25. The van der Waals surface area contributed by atoms with Crippen LogP contribution in [0.5, 0.6) is 0 Å². The van der Waals surface area contributed by atoms with Crippen molar-refractivity contribution in [3.05, 3.63) is 48.0 Å². The van der Waals surface area contributed by atoms with Gasteiger partial charge in [0.1, 0.15) is 11.6 Å². The molecule has 0 unspecified atom stereocenters. The Labute approximate surface area is 151 Å². The van der Waals surface area contributed by atoms with Crippen molar-refractivity contribution in [1.82, 2.24) is 4.90 Å². The first-order valence-corrected chi connectivity index (χ1v) is 8.45. The first kappa shape index (κ1) is 17.9. The number of carbonyl (C=O) groups excluding carboxylic acids is 2. The highest BCUT2D eigenvalue weighted by Crippen LogP contribution is 2.35. The number of likely N-dealkylation sites (tertiary alicyclic amines) is 1. The molecule has 6 nitrogen and oxygen atoms in total. The highest BCUT2D eigenvalue weighted by Gasteiger charge is 2.48. The summed E-state index contributed by atoms with van der Waals surface area (Å²) < 4.78 is 5.23. The number of hydrogen-bond acceptors (Lipinski definition) is 4. The van der Waals surface area contributed by atoms with Crippen molar-refractivity contribution >= 4 is 28.7 Å². The van der Waals surface area contributed by atoms with Gasteiger partial charge in [-0.25, -0.2) is 14.5 Å². The lowest BCUT2D eigenvalue weighted by atomic mass is 9.93. The van der Waals surface area contributed by atoms with Gasteiger partial charge in [-0.1, -0.05) is 42.5 Å². The van der Waals surface area contributed by atoms with Crippen molar-refractivity contribution in [2.24, 2.45) is 0 Å².